The summed E-state index contributed by atoms with van der Waals surface area (Å²) in [4.78, 5) is 26.7. The fraction of sp³-hybridized carbons (Fsp3) is 0.281. The van der Waals surface area contributed by atoms with Gasteiger partial charge in [-0.15, -0.1) is 11.3 Å². The molecule has 0 saturated carbocycles. The lowest BCUT2D eigenvalue weighted by molar-refractivity contribution is 0.100. The first kappa shape index (κ1) is 31.3. The van der Waals surface area contributed by atoms with Crippen LogP contribution in [0.2, 0.25) is 0 Å². The minimum absolute atomic E-state index is 0.124. The van der Waals surface area contributed by atoms with Crippen molar-refractivity contribution in [2.24, 2.45) is 5.73 Å². The van der Waals surface area contributed by atoms with Crippen LogP contribution in [-0.4, -0.2) is 72.5 Å². The number of carbonyl (C=O) groups is 1. The van der Waals surface area contributed by atoms with E-state index in [-0.39, 0.29) is 16.5 Å². The molecule has 4 N–H and O–H groups in total. The molecule has 0 aliphatic carbocycles. The van der Waals surface area contributed by atoms with Gasteiger partial charge in [-0.25, -0.2) is 12.4 Å². The van der Waals surface area contributed by atoms with Gasteiger partial charge in [-0.1, -0.05) is 17.7 Å². The van der Waals surface area contributed by atoms with Crippen molar-refractivity contribution in [1.82, 2.24) is 18.8 Å². The molecule has 0 bridgehead atoms. The van der Waals surface area contributed by atoms with Crippen LogP contribution in [0.1, 0.15) is 29.1 Å². The van der Waals surface area contributed by atoms with Crippen LogP contribution < -0.4 is 26.0 Å². The smallest absolute Gasteiger partial charge is 0.269 e. The minimum atomic E-state index is -4.00. The Morgan fingerprint density at radius 2 is 1.72 bits per heavy atom. The highest BCUT2D eigenvalue weighted by molar-refractivity contribution is 7.90. The second kappa shape index (κ2) is 12.6. The Morgan fingerprint density at radius 3 is 2.39 bits per heavy atom. The van der Waals surface area contributed by atoms with Gasteiger partial charge in [0, 0.05) is 50.2 Å². The Kier molecular flexibility index (Phi) is 8.59. The first-order valence-corrected chi connectivity index (χ1v) is 17.2. The zero-order valence-corrected chi connectivity index (χ0v) is 27.7. The number of nitrogens with zero attached hydrogens (tertiary/aromatic N) is 5. The zero-order chi connectivity index (χ0) is 32.6. The number of methoxy groups -OCH3 is 1. The fourth-order valence-electron chi connectivity index (χ4n) is 5.48. The molecule has 46 heavy (non-hydrogen) atoms. The number of hydrogen-bond donors (Lipinski definition) is 3. The number of ether oxygens (including phenoxy) is 1. The number of primary amides is 1. The number of fused-ring (bicyclic) bond motifs is 1. The summed E-state index contributed by atoms with van der Waals surface area (Å²) >= 11 is 1.20. The molecule has 5 aromatic rings. The molecule has 240 valence electrons. The van der Waals surface area contributed by atoms with E-state index in [9.17, 15) is 13.2 Å². The highest BCUT2D eigenvalue weighted by Gasteiger charge is 2.24. The highest BCUT2D eigenvalue weighted by atomic mass is 32.2. The number of benzene rings is 2. The predicted octanol–water partition coefficient (Wildman–Crippen LogP) is 5.16. The van der Waals surface area contributed by atoms with Crippen molar-refractivity contribution < 1.29 is 17.9 Å². The molecule has 0 radical (unpaired) electrons. The topological polar surface area (TPSA) is 148 Å². The molecule has 4 heterocycles. The number of piperazine rings is 1. The molecular weight excluding hydrogens is 625 g/mol. The molecule has 1 aliphatic rings. The lowest BCUT2D eigenvalue weighted by atomic mass is 10.2. The van der Waals surface area contributed by atoms with E-state index in [1.165, 1.54) is 17.5 Å². The fourth-order valence-corrected chi connectivity index (χ4v) is 7.48. The molecule has 1 amide bonds. The van der Waals surface area contributed by atoms with Gasteiger partial charge in [0.2, 0.25) is 5.95 Å². The Morgan fingerprint density at radius 1 is 0.978 bits per heavy atom. The molecule has 0 spiro atoms. The number of aryl methyl sites for hydroxylation is 1. The van der Waals surface area contributed by atoms with Crippen LogP contribution >= 0.6 is 11.3 Å². The van der Waals surface area contributed by atoms with E-state index in [0.717, 1.165) is 41.4 Å². The maximum absolute atomic E-state index is 13.8. The van der Waals surface area contributed by atoms with Crippen LogP contribution in [0.5, 0.6) is 5.75 Å². The van der Waals surface area contributed by atoms with Crippen molar-refractivity contribution in [3.63, 3.8) is 0 Å². The van der Waals surface area contributed by atoms with Crippen LogP contribution in [0, 0.1) is 6.92 Å². The summed E-state index contributed by atoms with van der Waals surface area (Å²) in [5, 5.41) is 8.58. The van der Waals surface area contributed by atoms with E-state index in [1.54, 1.807) is 48.9 Å². The van der Waals surface area contributed by atoms with Gasteiger partial charge in [-0.3, -0.25) is 9.69 Å². The average molecular weight is 661 g/mol. The molecule has 1 saturated heterocycles. The monoisotopic (exact) mass is 660 g/mol. The third-order valence-corrected chi connectivity index (χ3v) is 10.7. The van der Waals surface area contributed by atoms with Gasteiger partial charge in [0.05, 0.1) is 28.8 Å². The number of rotatable bonds is 10. The van der Waals surface area contributed by atoms with E-state index in [0.29, 0.717) is 39.2 Å². The summed E-state index contributed by atoms with van der Waals surface area (Å²) in [5.74, 6) is 0.418. The standard InChI is InChI=1S/C32H36N8O4S2/c1-20(2)38-14-16-39(17-15-38)22-7-10-25(27(19-22)44-4)35-32-36-30(34-26-12-18-45-28(26)29(33)41)24-11-13-40(31(24)37-32)46(42,43)23-8-5-21(3)6-9-23/h5-13,18-20H,14-17H2,1-4H3,(H2,33,41)(H2,34,35,36,37). The van der Waals surface area contributed by atoms with Crippen LogP contribution in [0.15, 0.2) is 71.1 Å². The van der Waals surface area contributed by atoms with Gasteiger partial charge in [0.15, 0.2) is 5.65 Å². The zero-order valence-electron chi connectivity index (χ0n) is 26.0. The Labute approximate surface area is 271 Å². The van der Waals surface area contributed by atoms with Crippen LogP contribution in [0.3, 0.4) is 0 Å². The number of nitrogens with two attached hydrogens (primary N) is 1. The molecule has 1 aliphatic heterocycles. The molecule has 3 aromatic heterocycles. The normalized spacial score (nSPS) is 14.2. The molecule has 12 nitrogen and oxygen atoms in total. The van der Waals surface area contributed by atoms with Crippen molar-refractivity contribution in [3.8, 4) is 5.75 Å². The van der Waals surface area contributed by atoms with E-state index in [1.807, 2.05) is 25.1 Å². The second-order valence-corrected chi connectivity index (χ2v) is 14.1. The lowest BCUT2D eigenvalue weighted by Crippen LogP contribution is -2.48. The van der Waals surface area contributed by atoms with Crippen molar-refractivity contribution in [2.75, 3.05) is 48.8 Å². The Bertz CT molecular complexity index is 2000. The Balaban J connectivity index is 1.39. The number of anilines is 5. The number of aromatic nitrogens is 3. The highest BCUT2D eigenvalue weighted by Crippen LogP contribution is 2.35. The van der Waals surface area contributed by atoms with E-state index < -0.39 is 15.9 Å². The number of carbonyl (C=O) groups excluding carboxylic acids is 1. The van der Waals surface area contributed by atoms with Crippen LogP contribution in [-0.2, 0) is 10.0 Å². The average Bonchev–Trinajstić information content (AvgIpc) is 3.69. The second-order valence-electron chi connectivity index (χ2n) is 11.3. The van der Waals surface area contributed by atoms with E-state index >= 15 is 0 Å². The molecular formula is C32H36N8O4S2. The Hall–Kier alpha value is -4.66. The summed E-state index contributed by atoms with van der Waals surface area (Å²) < 4.78 is 34.5. The number of hydrogen-bond acceptors (Lipinski definition) is 11. The molecule has 14 heteroatoms. The first-order chi connectivity index (χ1) is 22.0. The van der Waals surface area contributed by atoms with Crippen LogP contribution in [0.4, 0.5) is 28.8 Å². The summed E-state index contributed by atoms with van der Waals surface area (Å²) in [7, 11) is -2.41. The molecule has 6 rings (SSSR count). The molecule has 1 fully saturated rings. The number of nitrogens with one attached hydrogen (secondary N) is 2. The van der Waals surface area contributed by atoms with Crippen LogP contribution in [0.25, 0.3) is 11.0 Å². The predicted molar refractivity (Wildman–Crippen MR) is 183 cm³/mol. The number of thiophene rings is 1. The van der Waals surface area contributed by atoms with Gasteiger partial charge < -0.3 is 26.0 Å². The maximum Gasteiger partial charge on any atom is 0.269 e. The summed E-state index contributed by atoms with van der Waals surface area (Å²) in [6.45, 7) is 10.1. The van der Waals surface area contributed by atoms with Gasteiger partial charge in [0.1, 0.15) is 16.4 Å². The van der Waals surface area contributed by atoms with Gasteiger partial charge in [-0.2, -0.15) is 9.97 Å². The third-order valence-electron chi connectivity index (χ3n) is 8.07. The number of amides is 1. The SMILES string of the molecule is COc1cc(N2CCN(C(C)C)CC2)ccc1Nc1nc(Nc2ccsc2C(N)=O)c2ccn(S(=O)(=O)c3ccc(C)cc3)c2n1. The van der Waals surface area contributed by atoms with Gasteiger partial charge in [0.25, 0.3) is 15.9 Å². The minimum Gasteiger partial charge on any atom is -0.494 e. The molecule has 2 aromatic carbocycles. The maximum atomic E-state index is 13.8. The lowest BCUT2D eigenvalue weighted by Gasteiger charge is -2.38. The van der Waals surface area contributed by atoms with Crippen molar-refractivity contribution in [1.29, 1.82) is 0 Å². The van der Waals surface area contributed by atoms with Gasteiger partial charge in [-0.05, 0) is 62.5 Å². The quantitative estimate of drug-likeness (QED) is 0.183. The van der Waals surface area contributed by atoms with Crippen molar-refractivity contribution in [3.05, 3.63) is 76.6 Å². The largest absolute Gasteiger partial charge is 0.494 e. The van der Waals surface area contributed by atoms with Crippen molar-refractivity contribution >= 4 is 67.1 Å². The van der Waals surface area contributed by atoms with E-state index in [4.69, 9.17) is 15.5 Å². The van der Waals surface area contributed by atoms with E-state index in [2.05, 4.69) is 39.3 Å². The molecule has 0 atom stereocenters. The van der Waals surface area contributed by atoms with Gasteiger partial charge >= 0.3 is 0 Å². The summed E-state index contributed by atoms with van der Waals surface area (Å²) in [5.41, 5.74) is 8.78. The molecule has 0 unspecified atom stereocenters. The van der Waals surface area contributed by atoms with Crippen molar-refractivity contribution in [2.45, 2.75) is 31.7 Å². The summed E-state index contributed by atoms with van der Waals surface area (Å²) in [6, 6.07) is 16.4. The third kappa shape index (κ3) is 6.10. The first-order valence-electron chi connectivity index (χ1n) is 14.8. The summed E-state index contributed by atoms with van der Waals surface area (Å²) in [6.07, 6.45) is 1.44.